The summed E-state index contributed by atoms with van der Waals surface area (Å²) < 4.78 is 1.76. The fourth-order valence-electron chi connectivity index (χ4n) is 2.33. The van der Waals surface area contributed by atoms with Gasteiger partial charge in [0.05, 0.1) is 23.0 Å². The monoisotopic (exact) mass is 383 g/mol. The van der Waals surface area contributed by atoms with E-state index in [1.54, 1.807) is 10.9 Å². The second kappa shape index (κ2) is 7.18. The Morgan fingerprint density at radius 3 is 2.85 bits per heavy atom. The first kappa shape index (κ1) is 16.6. The maximum Gasteiger partial charge on any atom is 0.236 e. The van der Waals surface area contributed by atoms with Crippen LogP contribution in [-0.4, -0.2) is 41.6 Å². The smallest absolute Gasteiger partial charge is 0.236 e. The Kier molecular flexibility index (Phi) is 4.59. The van der Waals surface area contributed by atoms with Crippen LogP contribution in [0.25, 0.3) is 16.7 Å². The summed E-state index contributed by atoms with van der Waals surface area (Å²) in [5.41, 5.74) is 1.62. The number of carbonyl (C=O) groups excluding carboxylic acids is 1. The number of thioether (sulfide) groups is 1. The Morgan fingerprint density at radius 1 is 1.23 bits per heavy atom. The number of amides is 1. The van der Waals surface area contributed by atoms with Gasteiger partial charge < -0.3 is 0 Å². The summed E-state index contributed by atoms with van der Waals surface area (Å²) in [5.74, 6) is 0.0507. The molecular weight excluding hydrogens is 370 g/mol. The van der Waals surface area contributed by atoms with Gasteiger partial charge in [-0.2, -0.15) is 5.10 Å². The number of hydrogen-bond donors (Lipinski definition) is 1. The molecule has 0 aliphatic rings. The van der Waals surface area contributed by atoms with Crippen LogP contribution in [0.5, 0.6) is 0 Å². The number of rotatable bonds is 5. The minimum atomic E-state index is -0.159. The SMILES string of the molecule is Cc1nnc(NC(=O)CSc2ncnc3c2cnn3-c2ccccc2)s1. The van der Waals surface area contributed by atoms with E-state index in [1.807, 2.05) is 37.3 Å². The number of aromatic nitrogens is 6. The molecule has 0 bridgehead atoms. The highest BCUT2D eigenvalue weighted by atomic mass is 32.2. The fraction of sp³-hybridized carbons (Fsp3) is 0.125. The van der Waals surface area contributed by atoms with Crippen molar-refractivity contribution in [1.82, 2.24) is 29.9 Å². The number of hydrogen-bond acceptors (Lipinski definition) is 8. The molecule has 4 aromatic rings. The van der Waals surface area contributed by atoms with Gasteiger partial charge in [-0.25, -0.2) is 14.6 Å². The zero-order valence-electron chi connectivity index (χ0n) is 13.7. The number of para-hydroxylation sites is 1. The van der Waals surface area contributed by atoms with E-state index in [1.165, 1.54) is 29.4 Å². The maximum atomic E-state index is 12.1. The predicted octanol–water partition coefficient (Wildman–Crippen LogP) is 2.71. The number of fused-ring (bicyclic) bond motifs is 1. The number of nitrogens with zero attached hydrogens (tertiary/aromatic N) is 6. The third-order valence-corrected chi connectivity index (χ3v) is 5.20. The third-order valence-electron chi connectivity index (χ3n) is 3.44. The van der Waals surface area contributed by atoms with Gasteiger partial charge in [-0.05, 0) is 19.1 Å². The van der Waals surface area contributed by atoms with Crippen LogP contribution in [-0.2, 0) is 4.79 Å². The average Bonchev–Trinajstić information content (AvgIpc) is 3.27. The van der Waals surface area contributed by atoms with Crippen LogP contribution in [0, 0.1) is 6.92 Å². The van der Waals surface area contributed by atoms with E-state index < -0.39 is 0 Å². The molecule has 3 heterocycles. The zero-order valence-corrected chi connectivity index (χ0v) is 15.3. The van der Waals surface area contributed by atoms with Crippen molar-refractivity contribution in [2.75, 3.05) is 11.1 Å². The minimum absolute atomic E-state index is 0.159. The molecule has 0 aliphatic carbocycles. The molecule has 0 aliphatic heterocycles. The van der Waals surface area contributed by atoms with Crippen molar-refractivity contribution in [2.45, 2.75) is 11.9 Å². The maximum absolute atomic E-state index is 12.1. The molecule has 8 nitrogen and oxygen atoms in total. The van der Waals surface area contributed by atoms with Gasteiger partial charge in [0, 0.05) is 0 Å². The molecule has 1 amide bonds. The predicted molar refractivity (Wildman–Crippen MR) is 101 cm³/mol. The highest BCUT2D eigenvalue weighted by molar-refractivity contribution is 8.00. The largest absolute Gasteiger partial charge is 0.300 e. The van der Waals surface area contributed by atoms with E-state index in [9.17, 15) is 4.79 Å². The molecule has 0 radical (unpaired) electrons. The van der Waals surface area contributed by atoms with Crippen molar-refractivity contribution < 1.29 is 4.79 Å². The fourth-order valence-corrected chi connectivity index (χ4v) is 3.70. The summed E-state index contributed by atoms with van der Waals surface area (Å²) in [4.78, 5) is 20.7. The van der Waals surface area contributed by atoms with Crippen LogP contribution in [0.1, 0.15) is 5.01 Å². The molecule has 0 atom stereocenters. The van der Waals surface area contributed by atoms with Crippen LogP contribution < -0.4 is 5.32 Å². The van der Waals surface area contributed by atoms with Gasteiger partial charge in [-0.1, -0.05) is 41.3 Å². The van der Waals surface area contributed by atoms with Gasteiger partial charge in [0.15, 0.2) is 5.65 Å². The van der Waals surface area contributed by atoms with Crippen molar-refractivity contribution in [3.63, 3.8) is 0 Å². The Morgan fingerprint density at radius 2 is 2.08 bits per heavy atom. The lowest BCUT2D eigenvalue weighted by Gasteiger charge is -2.04. The molecule has 0 fully saturated rings. The van der Waals surface area contributed by atoms with Crippen molar-refractivity contribution in [3.8, 4) is 5.69 Å². The number of carbonyl (C=O) groups is 1. The molecule has 26 heavy (non-hydrogen) atoms. The van der Waals surface area contributed by atoms with Crippen LogP contribution in [0.4, 0.5) is 5.13 Å². The lowest BCUT2D eigenvalue weighted by atomic mass is 10.3. The van der Waals surface area contributed by atoms with E-state index in [2.05, 4.69) is 30.6 Å². The number of aryl methyl sites for hydroxylation is 1. The first-order valence-electron chi connectivity index (χ1n) is 7.67. The Bertz CT molecular complexity index is 1060. The summed E-state index contributed by atoms with van der Waals surface area (Å²) in [6.45, 7) is 1.84. The summed E-state index contributed by atoms with van der Waals surface area (Å²) in [6.07, 6.45) is 3.20. The van der Waals surface area contributed by atoms with Gasteiger partial charge in [-0.3, -0.25) is 10.1 Å². The normalized spacial score (nSPS) is 11.0. The Hall–Kier alpha value is -2.85. The van der Waals surface area contributed by atoms with Crippen LogP contribution in [0.15, 0.2) is 47.9 Å². The van der Waals surface area contributed by atoms with Crippen molar-refractivity contribution in [1.29, 1.82) is 0 Å². The standard InChI is InChI=1S/C16H13N7OS2/c1-10-21-22-16(26-10)20-13(24)8-25-15-12-7-19-23(14(12)17-9-18-15)11-5-3-2-4-6-11/h2-7,9H,8H2,1H3,(H,20,22,24). The lowest BCUT2D eigenvalue weighted by molar-refractivity contribution is -0.113. The third kappa shape index (κ3) is 3.41. The van der Waals surface area contributed by atoms with Crippen molar-refractivity contribution in [3.05, 3.63) is 47.9 Å². The van der Waals surface area contributed by atoms with Gasteiger partial charge in [0.25, 0.3) is 0 Å². The summed E-state index contributed by atoms with van der Waals surface area (Å²) >= 11 is 2.67. The molecule has 130 valence electrons. The second-order valence-electron chi connectivity index (χ2n) is 5.27. The quantitative estimate of drug-likeness (QED) is 0.418. The molecule has 0 saturated carbocycles. The highest BCUT2D eigenvalue weighted by Gasteiger charge is 2.13. The van der Waals surface area contributed by atoms with Gasteiger partial charge >= 0.3 is 0 Å². The first-order valence-corrected chi connectivity index (χ1v) is 9.48. The second-order valence-corrected chi connectivity index (χ2v) is 7.42. The van der Waals surface area contributed by atoms with Gasteiger partial charge in [0.2, 0.25) is 11.0 Å². The minimum Gasteiger partial charge on any atom is -0.300 e. The Balaban J connectivity index is 1.52. The average molecular weight is 383 g/mol. The van der Waals surface area contributed by atoms with Gasteiger partial charge in [-0.15, -0.1) is 10.2 Å². The van der Waals surface area contributed by atoms with Crippen molar-refractivity contribution in [2.24, 2.45) is 0 Å². The topological polar surface area (TPSA) is 98.5 Å². The van der Waals surface area contributed by atoms with Crippen LogP contribution in [0.3, 0.4) is 0 Å². The number of nitrogens with one attached hydrogen (secondary N) is 1. The molecule has 1 N–H and O–H groups in total. The summed E-state index contributed by atoms with van der Waals surface area (Å²) in [6, 6.07) is 9.75. The van der Waals surface area contributed by atoms with Crippen LogP contribution in [0.2, 0.25) is 0 Å². The van der Waals surface area contributed by atoms with E-state index in [-0.39, 0.29) is 11.7 Å². The molecule has 0 spiro atoms. The van der Waals surface area contributed by atoms with Crippen molar-refractivity contribution >= 4 is 45.2 Å². The zero-order chi connectivity index (χ0) is 17.9. The van der Waals surface area contributed by atoms with Gasteiger partial charge in [0.1, 0.15) is 16.4 Å². The molecule has 3 aromatic heterocycles. The molecule has 0 unspecified atom stereocenters. The van der Waals surface area contributed by atoms with E-state index in [4.69, 9.17) is 0 Å². The van der Waals surface area contributed by atoms with E-state index in [0.717, 1.165) is 16.1 Å². The Labute approximate surface area is 156 Å². The lowest BCUT2D eigenvalue weighted by Crippen LogP contribution is -2.14. The summed E-state index contributed by atoms with van der Waals surface area (Å²) in [5, 5.41) is 17.7. The highest BCUT2D eigenvalue weighted by Crippen LogP contribution is 2.26. The van der Waals surface area contributed by atoms with E-state index >= 15 is 0 Å². The van der Waals surface area contributed by atoms with E-state index in [0.29, 0.717) is 15.8 Å². The molecule has 1 aromatic carbocycles. The molecule has 4 rings (SSSR count). The van der Waals surface area contributed by atoms with Crippen LogP contribution >= 0.6 is 23.1 Å². The molecular formula is C16H13N7OS2. The molecule has 0 saturated heterocycles. The molecule has 10 heteroatoms. The first-order chi connectivity index (χ1) is 12.7. The number of anilines is 1. The summed E-state index contributed by atoms with van der Waals surface area (Å²) in [7, 11) is 0. The number of benzene rings is 1.